The van der Waals surface area contributed by atoms with Crippen LogP contribution in [0, 0.1) is 0 Å². The molecule has 1 N–H and O–H groups in total. The molecule has 0 fully saturated rings. The first-order valence-corrected chi connectivity index (χ1v) is 8.88. The highest BCUT2D eigenvalue weighted by Gasteiger charge is 2.02. The Bertz CT molecular complexity index is 331. The molecule has 0 aliphatic carbocycles. The first-order valence-electron chi connectivity index (χ1n) is 8.07. The minimum absolute atomic E-state index is 0.646. The topological polar surface area (TPSA) is 47.0 Å². The Balaban J connectivity index is 1.89. The van der Waals surface area contributed by atoms with E-state index in [-0.39, 0.29) is 0 Å². The number of aromatic nitrogens is 2. The zero-order valence-corrected chi connectivity index (χ0v) is 13.8. The number of anilines is 1. The summed E-state index contributed by atoms with van der Waals surface area (Å²) in [5.41, 5.74) is 0. The lowest BCUT2D eigenvalue weighted by Crippen LogP contribution is -2.00. The molecule has 20 heavy (non-hydrogen) atoms. The highest BCUT2D eigenvalue weighted by atomic mass is 32.1. The van der Waals surface area contributed by atoms with Gasteiger partial charge >= 0.3 is 0 Å². The number of hydrogen-bond donors (Lipinski definition) is 1. The van der Waals surface area contributed by atoms with Crippen molar-refractivity contribution in [1.29, 1.82) is 0 Å². The molecule has 116 valence electrons. The molecule has 1 aromatic heterocycles. The lowest BCUT2D eigenvalue weighted by Gasteiger charge is -2.03. The van der Waals surface area contributed by atoms with Crippen LogP contribution in [0.15, 0.2) is 0 Å². The molecule has 0 atom stereocenters. The Morgan fingerprint density at radius 1 is 0.900 bits per heavy atom. The fourth-order valence-electron chi connectivity index (χ4n) is 2.09. The minimum atomic E-state index is 0.646. The Kier molecular flexibility index (Phi) is 10.3. The van der Waals surface area contributed by atoms with Crippen molar-refractivity contribution in [1.82, 2.24) is 10.2 Å². The van der Waals surface area contributed by atoms with E-state index < -0.39 is 0 Å². The number of rotatable bonds is 13. The maximum absolute atomic E-state index is 5.29. The number of unbranched alkanes of at least 4 members (excludes halogenated alkanes) is 8. The molecule has 1 aromatic rings. The van der Waals surface area contributed by atoms with E-state index in [1.54, 1.807) is 0 Å². The molecule has 0 aliphatic rings. The van der Waals surface area contributed by atoms with Crippen LogP contribution < -0.4 is 10.1 Å². The van der Waals surface area contributed by atoms with Gasteiger partial charge in [-0.15, -0.1) is 5.10 Å². The van der Waals surface area contributed by atoms with Crippen molar-refractivity contribution in [3.63, 3.8) is 0 Å². The van der Waals surface area contributed by atoms with E-state index in [4.69, 9.17) is 4.74 Å². The predicted molar refractivity (Wildman–Crippen MR) is 86.8 cm³/mol. The Hall–Kier alpha value is -0.840. The largest absolute Gasteiger partial charge is 0.469 e. The van der Waals surface area contributed by atoms with E-state index in [9.17, 15) is 0 Å². The third kappa shape index (κ3) is 8.35. The first-order chi connectivity index (χ1) is 9.86. The van der Waals surface area contributed by atoms with Gasteiger partial charge in [-0.3, -0.25) is 0 Å². The monoisotopic (exact) mass is 299 g/mol. The third-order valence-corrected chi connectivity index (χ3v) is 4.02. The quantitative estimate of drug-likeness (QED) is 0.527. The summed E-state index contributed by atoms with van der Waals surface area (Å²) in [6.07, 6.45) is 12.2. The average molecular weight is 299 g/mol. The highest BCUT2D eigenvalue weighted by Crippen LogP contribution is 2.22. The smallest absolute Gasteiger partial charge is 0.295 e. The molecule has 0 bridgehead atoms. The number of nitrogens with one attached hydrogen (secondary N) is 1. The summed E-state index contributed by atoms with van der Waals surface area (Å²) >= 11 is 1.48. The molecule has 0 saturated carbocycles. The molecule has 4 nitrogen and oxygen atoms in total. The standard InChI is InChI=1S/C15H29N3OS/c1-3-5-6-7-8-9-10-11-12-13-16-14-17-18-15(20-14)19-4-2/h3-13H2,1-2H3,(H,16,17). The van der Waals surface area contributed by atoms with Gasteiger partial charge in [0.2, 0.25) is 5.13 Å². The van der Waals surface area contributed by atoms with Gasteiger partial charge in [-0.05, 0) is 24.7 Å². The van der Waals surface area contributed by atoms with Crippen LogP contribution in [-0.4, -0.2) is 23.3 Å². The summed E-state index contributed by atoms with van der Waals surface area (Å²) in [7, 11) is 0. The molecule has 1 heterocycles. The maximum atomic E-state index is 5.29. The van der Waals surface area contributed by atoms with Gasteiger partial charge in [0, 0.05) is 6.54 Å². The molecule has 0 spiro atoms. The van der Waals surface area contributed by atoms with Crippen molar-refractivity contribution in [3.8, 4) is 5.19 Å². The van der Waals surface area contributed by atoms with Crippen molar-refractivity contribution >= 4 is 16.5 Å². The van der Waals surface area contributed by atoms with Crippen LogP contribution in [0.4, 0.5) is 5.13 Å². The molecule has 0 amide bonds. The van der Waals surface area contributed by atoms with Crippen LogP contribution in [-0.2, 0) is 0 Å². The lowest BCUT2D eigenvalue weighted by molar-refractivity contribution is 0.335. The average Bonchev–Trinajstić information content (AvgIpc) is 2.89. The van der Waals surface area contributed by atoms with Gasteiger partial charge < -0.3 is 10.1 Å². The molecule has 0 aromatic carbocycles. The van der Waals surface area contributed by atoms with Crippen LogP contribution in [0.1, 0.15) is 71.6 Å². The lowest BCUT2D eigenvalue weighted by atomic mass is 10.1. The van der Waals surface area contributed by atoms with E-state index in [1.165, 1.54) is 69.1 Å². The summed E-state index contributed by atoms with van der Waals surface area (Å²) in [4.78, 5) is 0. The summed E-state index contributed by atoms with van der Waals surface area (Å²) in [5.74, 6) is 0. The van der Waals surface area contributed by atoms with Crippen molar-refractivity contribution in [2.24, 2.45) is 0 Å². The van der Waals surface area contributed by atoms with E-state index in [0.29, 0.717) is 11.8 Å². The predicted octanol–water partition coefficient (Wildman–Crippen LogP) is 4.88. The molecule has 0 radical (unpaired) electrons. The van der Waals surface area contributed by atoms with Crippen LogP contribution in [0.25, 0.3) is 0 Å². The fourth-order valence-corrected chi connectivity index (χ4v) is 2.77. The second-order valence-electron chi connectivity index (χ2n) is 5.06. The summed E-state index contributed by atoms with van der Waals surface area (Å²) in [6.45, 7) is 5.85. The fraction of sp³-hybridized carbons (Fsp3) is 0.867. The number of ether oxygens (including phenoxy) is 1. The van der Waals surface area contributed by atoms with E-state index in [1.807, 2.05) is 6.92 Å². The van der Waals surface area contributed by atoms with Crippen molar-refractivity contribution in [3.05, 3.63) is 0 Å². The van der Waals surface area contributed by atoms with Gasteiger partial charge in [0.1, 0.15) is 0 Å². The van der Waals surface area contributed by atoms with Gasteiger partial charge in [0.05, 0.1) is 6.61 Å². The zero-order valence-electron chi connectivity index (χ0n) is 13.0. The van der Waals surface area contributed by atoms with Crippen LogP contribution in [0.5, 0.6) is 5.19 Å². The zero-order chi connectivity index (χ0) is 14.5. The van der Waals surface area contributed by atoms with Crippen LogP contribution in [0.2, 0.25) is 0 Å². The molecule has 0 saturated heterocycles. The SMILES string of the molecule is CCCCCCCCCCCNc1nnc(OCC)s1. The molecule has 5 heteroatoms. The maximum Gasteiger partial charge on any atom is 0.295 e. The van der Waals surface area contributed by atoms with Crippen LogP contribution >= 0.6 is 11.3 Å². The summed E-state index contributed by atoms with van der Waals surface area (Å²) < 4.78 is 5.29. The van der Waals surface area contributed by atoms with Gasteiger partial charge in [-0.1, -0.05) is 63.4 Å². The Labute approximate surface area is 127 Å². The third-order valence-electron chi connectivity index (χ3n) is 3.23. The Morgan fingerprint density at radius 3 is 2.20 bits per heavy atom. The highest BCUT2D eigenvalue weighted by molar-refractivity contribution is 7.16. The summed E-state index contributed by atoms with van der Waals surface area (Å²) in [5, 5.41) is 12.8. The van der Waals surface area contributed by atoms with Crippen LogP contribution in [0.3, 0.4) is 0 Å². The van der Waals surface area contributed by atoms with Gasteiger partial charge in [0.25, 0.3) is 5.19 Å². The van der Waals surface area contributed by atoms with E-state index in [0.717, 1.165) is 11.7 Å². The molecular formula is C15H29N3OS. The second kappa shape index (κ2) is 11.9. The molecule has 0 aliphatic heterocycles. The normalized spacial score (nSPS) is 10.7. The van der Waals surface area contributed by atoms with Gasteiger partial charge in [-0.2, -0.15) is 0 Å². The van der Waals surface area contributed by atoms with Gasteiger partial charge in [0.15, 0.2) is 0 Å². The van der Waals surface area contributed by atoms with Crippen molar-refractivity contribution in [2.75, 3.05) is 18.5 Å². The molecule has 1 rings (SSSR count). The second-order valence-corrected chi connectivity index (χ2v) is 6.00. The Morgan fingerprint density at radius 2 is 1.55 bits per heavy atom. The van der Waals surface area contributed by atoms with Crippen molar-refractivity contribution in [2.45, 2.75) is 71.6 Å². The minimum Gasteiger partial charge on any atom is -0.469 e. The van der Waals surface area contributed by atoms with E-state index in [2.05, 4.69) is 22.4 Å². The summed E-state index contributed by atoms with van der Waals surface area (Å²) in [6, 6.07) is 0. The first kappa shape index (κ1) is 17.2. The van der Waals surface area contributed by atoms with Gasteiger partial charge in [-0.25, -0.2) is 0 Å². The molecule has 0 unspecified atom stereocenters. The van der Waals surface area contributed by atoms with Crippen molar-refractivity contribution < 1.29 is 4.74 Å². The van der Waals surface area contributed by atoms with E-state index >= 15 is 0 Å². The number of hydrogen-bond acceptors (Lipinski definition) is 5. The number of nitrogens with zero attached hydrogens (tertiary/aromatic N) is 2. The molecular weight excluding hydrogens is 270 g/mol.